The maximum Gasteiger partial charge on any atom is 0.205 e. The zero-order valence-electron chi connectivity index (χ0n) is 14.4. The fraction of sp³-hybridized carbons (Fsp3) is 0.400. The lowest BCUT2D eigenvalue weighted by Gasteiger charge is -2.31. The molecule has 0 spiro atoms. The average Bonchev–Trinajstić information content (AvgIpc) is 2.62. The zero-order chi connectivity index (χ0) is 17.8. The standard InChI is InChI=1S/C20H22N2O3/c1-2-3-11-24-14-9-7-13(8-10-14)18-15(12-21)20(22)25-17-6-4-5-16(23)19(17)18/h7-10,18H,2-6,11,22H2,1H3/t18-/m1/s1. The summed E-state index contributed by atoms with van der Waals surface area (Å²) in [5.74, 6) is 1.08. The molecule has 2 aliphatic rings. The Kier molecular flexibility index (Phi) is 5.08. The number of benzene rings is 1. The van der Waals surface area contributed by atoms with Crippen LogP contribution >= 0.6 is 0 Å². The van der Waals surface area contributed by atoms with Gasteiger partial charge in [0.15, 0.2) is 5.78 Å². The van der Waals surface area contributed by atoms with Crippen LogP contribution in [0.1, 0.15) is 50.5 Å². The van der Waals surface area contributed by atoms with E-state index in [0.717, 1.165) is 30.6 Å². The second-order valence-corrected chi connectivity index (χ2v) is 6.31. The quantitative estimate of drug-likeness (QED) is 0.828. The first-order valence-corrected chi connectivity index (χ1v) is 8.72. The molecule has 0 amide bonds. The van der Waals surface area contributed by atoms with Gasteiger partial charge in [0, 0.05) is 18.4 Å². The van der Waals surface area contributed by atoms with Gasteiger partial charge in [-0.3, -0.25) is 4.79 Å². The van der Waals surface area contributed by atoms with Crippen molar-refractivity contribution in [2.24, 2.45) is 5.73 Å². The summed E-state index contributed by atoms with van der Waals surface area (Å²) in [4.78, 5) is 12.5. The summed E-state index contributed by atoms with van der Waals surface area (Å²) in [6.45, 7) is 2.79. The minimum Gasteiger partial charge on any atom is -0.494 e. The number of allylic oxidation sites excluding steroid dienone is 3. The summed E-state index contributed by atoms with van der Waals surface area (Å²) in [5, 5.41) is 9.54. The van der Waals surface area contributed by atoms with Crippen LogP contribution in [-0.2, 0) is 9.53 Å². The summed E-state index contributed by atoms with van der Waals surface area (Å²) >= 11 is 0. The third-order valence-electron chi connectivity index (χ3n) is 4.58. The summed E-state index contributed by atoms with van der Waals surface area (Å²) in [5.41, 5.74) is 7.68. The molecule has 1 aromatic rings. The average molecular weight is 338 g/mol. The number of nitrogens with zero attached hydrogens (tertiary/aromatic N) is 1. The molecule has 0 bridgehead atoms. The highest BCUT2D eigenvalue weighted by molar-refractivity contribution is 5.99. The van der Waals surface area contributed by atoms with E-state index < -0.39 is 5.92 Å². The third-order valence-corrected chi connectivity index (χ3v) is 4.58. The Hall–Kier alpha value is -2.74. The van der Waals surface area contributed by atoms with Crippen molar-refractivity contribution in [3.63, 3.8) is 0 Å². The van der Waals surface area contributed by atoms with Crippen molar-refractivity contribution in [1.82, 2.24) is 0 Å². The van der Waals surface area contributed by atoms with Crippen molar-refractivity contribution in [1.29, 1.82) is 5.26 Å². The molecule has 130 valence electrons. The SMILES string of the molecule is CCCCOc1ccc([C@@H]2C(C#N)=C(N)OC3=C2C(=O)CCC3)cc1. The third kappa shape index (κ3) is 3.39. The van der Waals surface area contributed by atoms with E-state index in [2.05, 4.69) is 13.0 Å². The highest BCUT2D eigenvalue weighted by atomic mass is 16.5. The molecule has 5 heteroatoms. The van der Waals surface area contributed by atoms with Gasteiger partial charge in [-0.2, -0.15) is 5.26 Å². The molecule has 0 fully saturated rings. The van der Waals surface area contributed by atoms with E-state index in [4.69, 9.17) is 15.2 Å². The zero-order valence-corrected chi connectivity index (χ0v) is 14.4. The molecule has 5 nitrogen and oxygen atoms in total. The van der Waals surface area contributed by atoms with E-state index in [1.807, 2.05) is 24.3 Å². The first kappa shape index (κ1) is 17.1. The van der Waals surface area contributed by atoms with Gasteiger partial charge in [-0.05, 0) is 30.5 Å². The molecule has 25 heavy (non-hydrogen) atoms. The number of Topliss-reactive ketones (excluding diaryl/α,β-unsaturated/α-hetero) is 1. The first-order valence-electron chi connectivity index (χ1n) is 8.72. The van der Waals surface area contributed by atoms with E-state index in [0.29, 0.717) is 36.4 Å². The molecular formula is C20H22N2O3. The van der Waals surface area contributed by atoms with Crippen molar-refractivity contribution >= 4 is 5.78 Å². The monoisotopic (exact) mass is 338 g/mol. The number of nitrogens with two attached hydrogens (primary N) is 1. The minimum absolute atomic E-state index is 0.0368. The van der Waals surface area contributed by atoms with Gasteiger partial charge in [0.1, 0.15) is 23.2 Å². The van der Waals surface area contributed by atoms with Crippen LogP contribution in [0, 0.1) is 11.3 Å². The van der Waals surface area contributed by atoms with Crippen LogP contribution < -0.4 is 10.5 Å². The predicted molar refractivity (Wildman–Crippen MR) is 93.4 cm³/mol. The molecule has 3 rings (SSSR count). The molecular weight excluding hydrogens is 316 g/mol. The van der Waals surface area contributed by atoms with E-state index in [9.17, 15) is 10.1 Å². The lowest BCUT2D eigenvalue weighted by atomic mass is 9.77. The molecule has 1 aromatic carbocycles. The Balaban J connectivity index is 1.94. The number of hydrogen-bond acceptors (Lipinski definition) is 5. The number of nitriles is 1. The summed E-state index contributed by atoms with van der Waals surface area (Å²) < 4.78 is 11.3. The Morgan fingerprint density at radius 2 is 2.08 bits per heavy atom. The molecule has 0 radical (unpaired) electrons. The molecule has 2 N–H and O–H groups in total. The normalized spacial score (nSPS) is 20.0. The number of unbranched alkanes of at least 4 members (excludes halogenated alkanes) is 1. The van der Waals surface area contributed by atoms with Gasteiger partial charge in [0.2, 0.25) is 5.88 Å². The van der Waals surface area contributed by atoms with E-state index in [1.54, 1.807) is 0 Å². The van der Waals surface area contributed by atoms with Gasteiger partial charge in [-0.15, -0.1) is 0 Å². The highest BCUT2D eigenvalue weighted by Crippen LogP contribution is 2.43. The second-order valence-electron chi connectivity index (χ2n) is 6.31. The number of carbonyl (C=O) groups excluding carboxylic acids is 1. The maximum absolute atomic E-state index is 12.5. The van der Waals surface area contributed by atoms with E-state index >= 15 is 0 Å². The van der Waals surface area contributed by atoms with Crippen LogP contribution in [0.3, 0.4) is 0 Å². The van der Waals surface area contributed by atoms with Crippen molar-refractivity contribution in [3.8, 4) is 11.8 Å². The smallest absolute Gasteiger partial charge is 0.205 e. The second kappa shape index (κ2) is 7.43. The lowest BCUT2D eigenvalue weighted by molar-refractivity contribution is -0.116. The lowest BCUT2D eigenvalue weighted by Crippen LogP contribution is -2.27. The maximum atomic E-state index is 12.5. The molecule has 1 atom stereocenters. The van der Waals surface area contributed by atoms with Crippen molar-refractivity contribution in [3.05, 3.63) is 52.6 Å². The Bertz CT molecular complexity index is 769. The minimum atomic E-state index is -0.453. The number of ketones is 1. The van der Waals surface area contributed by atoms with Gasteiger partial charge in [0.05, 0.1) is 12.5 Å². The highest BCUT2D eigenvalue weighted by Gasteiger charge is 2.37. The van der Waals surface area contributed by atoms with Crippen LogP contribution in [0.15, 0.2) is 47.1 Å². The van der Waals surface area contributed by atoms with Crippen molar-refractivity contribution < 1.29 is 14.3 Å². The Morgan fingerprint density at radius 3 is 2.76 bits per heavy atom. The topological polar surface area (TPSA) is 85.3 Å². The summed E-state index contributed by atoms with van der Waals surface area (Å²) in [6.07, 6.45) is 3.99. The molecule has 0 aromatic heterocycles. The largest absolute Gasteiger partial charge is 0.494 e. The molecule has 0 saturated carbocycles. The van der Waals surface area contributed by atoms with Crippen LogP contribution in [0.4, 0.5) is 0 Å². The first-order chi connectivity index (χ1) is 12.2. The van der Waals surface area contributed by atoms with Crippen molar-refractivity contribution in [2.75, 3.05) is 6.61 Å². The fourth-order valence-electron chi connectivity index (χ4n) is 3.28. The van der Waals surface area contributed by atoms with Gasteiger partial charge in [-0.25, -0.2) is 0 Å². The van der Waals surface area contributed by atoms with Gasteiger partial charge >= 0.3 is 0 Å². The molecule has 0 unspecified atom stereocenters. The van der Waals surface area contributed by atoms with E-state index in [-0.39, 0.29) is 11.7 Å². The fourth-order valence-corrected chi connectivity index (χ4v) is 3.28. The predicted octanol–water partition coefficient (Wildman–Crippen LogP) is 3.68. The Morgan fingerprint density at radius 1 is 1.32 bits per heavy atom. The van der Waals surface area contributed by atoms with Gasteiger partial charge < -0.3 is 15.2 Å². The number of hydrogen-bond donors (Lipinski definition) is 1. The van der Waals surface area contributed by atoms with Crippen LogP contribution in [0.2, 0.25) is 0 Å². The summed E-state index contributed by atoms with van der Waals surface area (Å²) in [7, 11) is 0. The van der Waals surface area contributed by atoms with Gasteiger partial charge in [0.25, 0.3) is 0 Å². The molecule has 1 aliphatic heterocycles. The molecule has 1 aliphatic carbocycles. The molecule has 0 saturated heterocycles. The molecule has 1 heterocycles. The van der Waals surface area contributed by atoms with Gasteiger partial charge in [-0.1, -0.05) is 25.5 Å². The number of carbonyl (C=O) groups is 1. The van der Waals surface area contributed by atoms with Crippen LogP contribution in [-0.4, -0.2) is 12.4 Å². The Labute approximate surface area is 147 Å². The number of rotatable bonds is 5. The van der Waals surface area contributed by atoms with Crippen molar-refractivity contribution in [2.45, 2.75) is 44.9 Å². The number of ether oxygens (including phenoxy) is 2. The summed E-state index contributed by atoms with van der Waals surface area (Å²) in [6, 6.07) is 9.67. The van der Waals surface area contributed by atoms with Crippen LogP contribution in [0.5, 0.6) is 5.75 Å². The van der Waals surface area contributed by atoms with Crippen LogP contribution in [0.25, 0.3) is 0 Å². The van der Waals surface area contributed by atoms with E-state index in [1.165, 1.54) is 0 Å².